The number of pyridine rings is 1. The molecule has 0 radical (unpaired) electrons. The number of aliphatic carboxylic acids is 1. The number of benzene rings is 1. The van der Waals surface area contributed by atoms with E-state index in [1.807, 2.05) is 24.3 Å². The van der Waals surface area contributed by atoms with Crippen LogP contribution in [0.5, 0.6) is 0 Å². The summed E-state index contributed by atoms with van der Waals surface area (Å²) in [5, 5.41) is 11.0. The van der Waals surface area contributed by atoms with Gasteiger partial charge in [-0.05, 0) is 17.4 Å². The molecule has 0 fully saturated rings. The average molecular weight is 252 g/mol. The number of aromatic nitrogens is 1. The molecule has 1 heterocycles. The minimum Gasteiger partial charge on any atom is -0.481 e. The molecule has 1 unspecified atom stereocenters. The fourth-order valence-electron chi connectivity index (χ4n) is 1.76. The minimum atomic E-state index is -0.770. The highest BCUT2D eigenvalue weighted by molar-refractivity contribution is 5.85. The molecule has 4 heteroatoms. The lowest BCUT2D eigenvalue weighted by Gasteiger charge is -2.08. The largest absolute Gasteiger partial charge is 0.481 e. The van der Waals surface area contributed by atoms with Gasteiger partial charge in [-0.25, -0.2) is 0 Å². The van der Waals surface area contributed by atoms with Crippen LogP contribution in [-0.2, 0) is 11.2 Å². The Morgan fingerprint density at radius 2 is 2.06 bits per heavy atom. The number of hydrogen-bond acceptors (Lipinski definition) is 2. The maximum atomic E-state index is 10.8. The average Bonchev–Trinajstić information content (AvgIpc) is 2.29. The lowest BCUT2D eigenvalue weighted by Crippen LogP contribution is -2.12. The molecule has 3 nitrogen and oxygen atoms in total. The topological polar surface area (TPSA) is 50.2 Å². The number of carboxylic acid groups (broad SMARTS) is 1. The van der Waals surface area contributed by atoms with Crippen molar-refractivity contribution in [2.75, 3.05) is 0 Å². The molecule has 1 atom stereocenters. The van der Waals surface area contributed by atoms with Crippen LogP contribution >= 0.6 is 12.4 Å². The SMILES string of the molecule is CC(Cc1cncc2ccccc12)C(=O)O.Cl. The maximum absolute atomic E-state index is 10.8. The van der Waals surface area contributed by atoms with E-state index in [9.17, 15) is 4.79 Å². The Labute approximate surface area is 106 Å². The monoisotopic (exact) mass is 251 g/mol. The molecule has 0 saturated heterocycles. The van der Waals surface area contributed by atoms with Gasteiger partial charge in [0.1, 0.15) is 0 Å². The zero-order valence-corrected chi connectivity index (χ0v) is 10.3. The summed E-state index contributed by atoms with van der Waals surface area (Å²) >= 11 is 0. The van der Waals surface area contributed by atoms with Gasteiger partial charge in [0.15, 0.2) is 0 Å². The fourth-order valence-corrected chi connectivity index (χ4v) is 1.76. The number of halogens is 1. The molecule has 17 heavy (non-hydrogen) atoms. The van der Waals surface area contributed by atoms with E-state index in [2.05, 4.69) is 4.98 Å². The van der Waals surface area contributed by atoms with Crippen LogP contribution in [0, 0.1) is 5.92 Å². The third-order valence-electron chi connectivity index (χ3n) is 2.70. The first-order valence-electron chi connectivity index (χ1n) is 5.23. The van der Waals surface area contributed by atoms with E-state index >= 15 is 0 Å². The van der Waals surface area contributed by atoms with E-state index in [-0.39, 0.29) is 18.3 Å². The molecule has 0 amide bonds. The van der Waals surface area contributed by atoms with Crippen LogP contribution in [0.4, 0.5) is 0 Å². The molecule has 0 aliphatic heterocycles. The van der Waals surface area contributed by atoms with Crippen LogP contribution < -0.4 is 0 Å². The first kappa shape index (κ1) is 13.5. The molecule has 0 saturated carbocycles. The Morgan fingerprint density at radius 1 is 1.35 bits per heavy atom. The van der Waals surface area contributed by atoms with Crippen LogP contribution in [0.15, 0.2) is 36.7 Å². The molecule has 2 rings (SSSR count). The van der Waals surface area contributed by atoms with Gasteiger partial charge in [-0.15, -0.1) is 12.4 Å². The first-order valence-corrected chi connectivity index (χ1v) is 5.23. The molecule has 1 aromatic carbocycles. The number of nitrogens with zero attached hydrogens (tertiary/aromatic N) is 1. The van der Waals surface area contributed by atoms with Crippen molar-refractivity contribution in [3.8, 4) is 0 Å². The van der Waals surface area contributed by atoms with Crippen molar-refractivity contribution in [3.05, 3.63) is 42.2 Å². The smallest absolute Gasteiger partial charge is 0.306 e. The second-order valence-corrected chi connectivity index (χ2v) is 3.96. The van der Waals surface area contributed by atoms with Crippen LogP contribution in [-0.4, -0.2) is 16.1 Å². The summed E-state index contributed by atoms with van der Waals surface area (Å²) in [6, 6.07) is 7.89. The predicted molar refractivity (Wildman–Crippen MR) is 69.5 cm³/mol. The quantitative estimate of drug-likeness (QED) is 0.913. The minimum absolute atomic E-state index is 0. The molecular weight excluding hydrogens is 238 g/mol. The molecule has 90 valence electrons. The molecule has 1 aromatic heterocycles. The van der Waals surface area contributed by atoms with Gasteiger partial charge in [0, 0.05) is 17.8 Å². The van der Waals surface area contributed by atoms with E-state index in [0.29, 0.717) is 6.42 Å². The van der Waals surface area contributed by atoms with Gasteiger partial charge in [-0.1, -0.05) is 31.2 Å². The molecule has 0 aliphatic carbocycles. The normalized spacial score (nSPS) is 11.8. The highest BCUT2D eigenvalue weighted by atomic mass is 35.5. The third kappa shape index (κ3) is 2.94. The van der Waals surface area contributed by atoms with Crippen LogP contribution in [0.1, 0.15) is 12.5 Å². The lowest BCUT2D eigenvalue weighted by atomic mass is 9.98. The number of hydrogen-bond donors (Lipinski definition) is 1. The Balaban J connectivity index is 0.00000144. The molecule has 0 aliphatic rings. The Bertz CT molecular complexity index is 522. The number of rotatable bonds is 3. The Kier molecular flexibility index (Phi) is 4.46. The van der Waals surface area contributed by atoms with Crippen LogP contribution in [0.3, 0.4) is 0 Å². The van der Waals surface area contributed by atoms with Gasteiger partial charge in [0.2, 0.25) is 0 Å². The summed E-state index contributed by atoms with van der Waals surface area (Å²) in [5.74, 6) is -1.15. The van der Waals surface area contributed by atoms with Gasteiger partial charge in [0.05, 0.1) is 5.92 Å². The molecule has 2 aromatic rings. The first-order chi connectivity index (χ1) is 7.68. The van der Waals surface area contributed by atoms with Gasteiger partial charge >= 0.3 is 5.97 Å². The van der Waals surface area contributed by atoms with Crippen molar-refractivity contribution in [2.24, 2.45) is 5.92 Å². The predicted octanol–water partition coefficient (Wildman–Crippen LogP) is 2.92. The zero-order chi connectivity index (χ0) is 11.5. The lowest BCUT2D eigenvalue weighted by molar-refractivity contribution is -0.141. The number of carboxylic acids is 1. The van der Waals surface area contributed by atoms with Gasteiger partial charge in [-0.2, -0.15) is 0 Å². The summed E-state index contributed by atoms with van der Waals surface area (Å²) in [4.78, 5) is 15.0. The summed E-state index contributed by atoms with van der Waals surface area (Å²) in [5.41, 5.74) is 0.994. The van der Waals surface area contributed by atoms with E-state index in [4.69, 9.17) is 5.11 Å². The molecule has 0 bridgehead atoms. The van der Waals surface area contributed by atoms with Crippen LogP contribution in [0.25, 0.3) is 10.8 Å². The fraction of sp³-hybridized carbons (Fsp3) is 0.231. The van der Waals surface area contributed by atoms with Gasteiger partial charge in [0.25, 0.3) is 0 Å². The number of carbonyl (C=O) groups is 1. The van der Waals surface area contributed by atoms with Crippen LogP contribution in [0.2, 0.25) is 0 Å². The van der Waals surface area contributed by atoms with Crippen molar-refractivity contribution < 1.29 is 9.90 Å². The maximum Gasteiger partial charge on any atom is 0.306 e. The van der Waals surface area contributed by atoms with E-state index in [0.717, 1.165) is 16.3 Å². The summed E-state index contributed by atoms with van der Waals surface area (Å²) in [6.45, 7) is 1.71. The summed E-state index contributed by atoms with van der Waals surface area (Å²) < 4.78 is 0. The zero-order valence-electron chi connectivity index (χ0n) is 9.46. The highest BCUT2D eigenvalue weighted by Gasteiger charge is 2.13. The molecule has 0 spiro atoms. The van der Waals surface area contributed by atoms with Gasteiger partial charge in [-0.3, -0.25) is 9.78 Å². The third-order valence-corrected chi connectivity index (χ3v) is 2.70. The molecule has 1 N–H and O–H groups in total. The van der Waals surface area contributed by atoms with Crippen molar-refractivity contribution in [1.29, 1.82) is 0 Å². The van der Waals surface area contributed by atoms with E-state index in [1.165, 1.54) is 0 Å². The highest BCUT2D eigenvalue weighted by Crippen LogP contribution is 2.19. The van der Waals surface area contributed by atoms with Gasteiger partial charge < -0.3 is 5.11 Å². The second kappa shape index (κ2) is 5.64. The van der Waals surface area contributed by atoms with Crippen molar-refractivity contribution in [2.45, 2.75) is 13.3 Å². The van der Waals surface area contributed by atoms with E-state index in [1.54, 1.807) is 19.3 Å². The summed E-state index contributed by atoms with van der Waals surface area (Å²) in [7, 11) is 0. The summed E-state index contributed by atoms with van der Waals surface area (Å²) in [6.07, 6.45) is 4.07. The van der Waals surface area contributed by atoms with Crippen molar-refractivity contribution >= 4 is 29.1 Å². The van der Waals surface area contributed by atoms with Crippen molar-refractivity contribution in [3.63, 3.8) is 0 Å². The van der Waals surface area contributed by atoms with Crippen molar-refractivity contribution in [1.82, 2.24) is 4.98 Å². The Hall–Kier alpha value is -1.61. The molecular formula is C13H14ClNO2. The van der Waals surface area contributed by atoms with E-state index < -0.39 is 5.97 Å². The number of fused-ring (bicyclic) bond motifs is 1. The standard InChI is InChI=1S/C13H13NO2.ClH/c1-9(13(15)16)6-11-8-14-7-10-4-2-3-5-12(10)11;/h2-5,7-9H,6H2,1H3,(H,15,16);1H. The second-order valence-electron chi connectivity index (χ2n) is 3.96. The Morgan fingerprint density at radius 3 is 2.76 bits per heavy atom.